The molecule has 0 saturated heterocycles. The van der Waals surface area contributed by atoms with Gasteiger partial charge in [0.15, 0.2) is 0 Å². The Kier molecular flexibility index (Phi) is 5.28. The molecule has 5 aromatic rings. The topological polar surface area (TPSA) is 78.2 Å². The molecule has 0 aliphatic heterocycles. The lowest BCUT2D eigenvalue weighted by atomic mass is 10.0. The molecular formula is C25H23FN4O3S. The van der Waals surface area contributed by atoms with Gasteiger partial charge in [-0.05, 0) is 47.5 Å². The van der Waals surface area contributed by atoms with Crippen LogP contribution < -0.4 is 9.46 Å². The van der Waals surface area contributed by atoms with Gasteiger partial charge in [-0.15, -0.1) is 0 Å². The third-order valence-corrected chi connectivity index (χ3v) is 6.40. The summed E-state index contributed by atoms with van der Waals surface area (Å²) in [7, 11) is -0.00763. The fraction of sp³-hybridized carbons (Fsp3) is 0.160. The van der Waals surface area contributed by atoms with Gasteiger partial charge in [0.2, 0.25) is 15.9 Å². The van der Waals surface area contributed by atoms with Gasteiger partial charge < -0.3 is 13.9 Å². The lowest BCUT2D eigenvalue weighted by molar-refractivity contribution is 0.401. The summed E-state index contributed by atoms with van der Waals surface area (Å²) < 4.78 is 49.7. The van der Waals surface area contributed by atoms with Gasteiger partial charge in [-0.3, -0.25) is 4.72 Å². The Labute approximate surface area is 196 Å². The highest BCUT2D eigenvalue weighted by atomic mass is 32.2. The van der Waals surface area contributed by atoms with Crippen LogP contribution >= 0.6 is 0 Å². The number of benzene rings is 2. The van der Waals surface area contributed by atoms with Crippen LogP contribution in [0.3, 0.4) is 0 Å². The van der Waals surface area contributed by atoms with Crippen molar-refractivity contribution >= 4 is 37.5 Å². The van der Waals surface area contributed by atoms with Crippen molar-refractivity contribution in [1.82, 2.24) is 14.1 Å². The number of fused-ring (bicyclic) bond motifs is 2. The van der Waals surface area contributed by atoms with Crippen molar-refractivity contribution in [2.45, 2.75) is 6.54 Å². The Hall–Kier alpha value is -3.85. The van der Waals surface area contributed by atoms with Gasteiger partial charge in [0.25, 0.3) is 0 Å². The van der Waals surface area contributed by atoms with Gasteiger partial charge >= 0.3 is 0 Å². The second kappa shape index (κ2) is 8.18. The first-order valence-electron chi connectivity index (χ1n) is 10.6. The highest BCUT2D eigenvalue weighted by Crippen LogP contribution is 2.38. The fourth-order valence-corrected chi connectivity index (χ4v) is 4.93. The smallest absolute Gasteiger partial charge is 0.238 e. The standard InChI is InChI=1S/C25H23FN4O3S/c1-29-15-21(19-8-10-27-25(33-2)24(19)29)17-12-22(28-34(3,31)32)20-9-11-30(23(20)13-17)14-16-4-6-18(26)7-5-16/h4-13,15,28H,14H2,1-3H3. The van der Waals surface area contributed by atoms with Gasteiger partial charge in [-0.1, -0.05) is 12.1 Å². The molecule has 34 heavy (non-hydrogen) atoms. The van der Waals surface area contributed by atoms with Crippen LogP contribution in [-0.4, -0.2) is 35.9 Å². The summed E-state index contributed by atoms with van der Waals surface area (Å²) in [6.07, 6.45) is 6.71. The number of nitrogens with zero attached hydrogens (tertiary/aromatic N) is 3. The Morgan fingerprint density at radius 3 is 2.56 bits per heavy atom. The minimum atomic E-state index is -3.51. The zero-order chi connectivity index (χ0) is 24.0. The minimum Gasteiger partial charge on any atom is -0.479 e. The minimum absolute atomic E-state index is 0.288. The maximum Gasteiger partial charge on any atom is 0.238 e. The summed E-state index contributed by atoms with van der Waals surface area (Å²) in [4.78, 5) is 4.30. The van der Waals surface area contributed by atoms with E-state index in [4.69, 9.17) is 4.74 Å². The summed E-state index contributed by atoms with van der Waals surface area (Å²) in [5.74, 6) is 0.227. The summed E-state index contributed by atoms with van der Waals surface area (Å²) in [6.45, 7) is 0.513. The van der Waals surface area contributed by atoms with Gasteiger partial charge in [0, 0.05) is 48.5 Å². The van der Waals surface area contributed by atoms with Crippen molar-refractivity contribution in [3.63, 3.8) is 0 Å². The number of ether oxygens (including phenoxy) is 1. The van der Waals surface area contributed by atoms with Crippen LogP contribution in [-0.2, 0) is 23.6 Å². The van der Waals surface area contributed by atoms with Crippen LogP contribution in [0.25, 0.3) is 32.9 Å². The van der Waals surface area contributed by atoms with Crippen LogP contribution in [0, 0.1) is 5.82 Å². The van der Waals surface area contributed by atoms with Crippen molar-refractivity contribution in [3.8, 4) is 17.0 Å². The number of methoxy groups -OCH3 is 1. The second-order valence-corrected chi connectivity index (χ2v) is 10.0. The quantitative estimate of drug-likeness (QED) is 0.382. The van der Waals surface area contributed by atoms with Crippen molar-refractivity contribution in [2.75, 3.05) is 18.1 Å². The molecule has 0 fully saturated rings. The summed E-state index contributed by atoms with van der Waals surface area (Å²) >= 11 is 0. The monoisotopic (exact) mass is 478 g/mol. The first kappa shape index (κ1) is 22.0. The molecule has 2 aromatic carbocycles. The van der Waals surface area contributed by atoms with Crippen LogP contribution in [0.2, 0.25) is 0 Å². The normalized spacial score (nSPS) is 11.9. The van der Waals surface area contributed by atoms with E-state index in [9.17, 15) is 12.8 Å². The predicted molar refractivity (Wildman–Crippen MR) is 132 cm³/mol. The largest absolute Gasteiger partial charge is 0.479 e. The number of pyridine rings is 1. The van der Waals surface area contributed by atoms with E-state index >= 15 is 0 Å². The molecule has 0 aliphatic carbocycles. The Bertz CT molecular complexity index is 1640. The van der Waals surface area contributed by atoms with Crippen molar-refractivity contribution in [2.24, 2.45) is 7.05 Å². The van der Waals surface area contributed by atoms with Gasteiger partial charge in [0.1, 0.15) is 11.3 Å². The molecule has 0 radical (unpaired) electrons. The highest BCUT2D eigenvalue weighted by Gasteiger charge is 2.17. The van der Waals surface area contributed by atoms with Crippen molar-refractivity contribution in [1.29, 1.82) is 0 Å². The summed E-state index contributed by atoms with van der Waals surface area (Å²) in [6, 6.07) is 14.0. The molecule has 174 valence electrons. The van der Waals surface area contributed by atoms with Crippen LogP contribution in [0.4, 0.5) is 10.1 Å². The Morgan fingerprint density at radius 2 is 1.85 bits per heavy atom. The zero-order valence-electron chi connectivity index (χ0n) is 18.9. The number of hydrogen-bond donors (Lipinski definition) is 1. The van der Waals surface area contributed by atoms with E-state index in [1.54, 1.807) is 25.4 Å². The SMILES string of the molecule is COc1nccc2c(-c3cc(NS(C)(=O)=O)c4ccn(Cc5ccc(F)cc5)c4c3)cn(C)c12. The molecule has 1 N–H and O–H groups in total. The van der Waals surface area contributed by atoms with Gasteiger partial charge in [-0.25, -0.2) is 17.8 Å². The lowest BCUT2D eigenvalue weighted by Crippen LogP contribution is -2.10. The molecule has 7 nitrogen and oxygen atoms in total. The number of sulfonamides is 1. The Morgan fingerprint density at radius 1 is 1.09 bits per heavy atom. The Balaban J connectivity index is 1.72. The van der Waals surface area contributed by atoms with E-state index in [0.717, 1.165) is 44.8 Å². The lowest BCUT2D eigenvalue weighted by Gasteiger charge is -2.12. The van der Waals surface area contributed by atoms with Crippen LogP contribution in [0.15, 0.2) is 67.1 Å². The number of rotatable bonds is 6. The number of aryl methyl sites for hydroxylation is 1. The van der Waals surface area contributed by atoms with Crippen molar-refractivity contribution < 1.29 is 17.5 Å². The maximum absolute atomic E-state index is 13.4. The van der Waals surface area contributed by atoms with E-state index < -0.39 is 10.0 Å². The molecule has 0 atom stereocenters. The first-order valence-corrected chi connectivity index (χ1v) is 12.5. The predicted octanol–water partition coefficient (Wildman–Crippen LogP) is 4.76. The molecule has 3 aromatic heterocycles. The second-order valence-electron chi connectivity index (χ2n) is 8.27. The molecule has 5 rings (SSSR count). The van der Waals surface area contributed by atoms with E-state index in [-0.39, 0.29) is 5.82 Å². The molecule has 0 aliphatic rings. The number of aromatic nitrogens is 3. The number of halogens is 1. The molecule has 0 saturated carbocycles. The van der Waals surface area contributed by atoms with Crippen molar-refractivity contribution in [3.05, 3.63) is 78.5 Å². The first-order chi connectivity index (χ1) is 16.2. The number of hydrogen-bond acceptors (Lipinski definition) is 4. The summed E-state index contributed by atoms with van der Waals surface area (Å²) in [5.41, 5.74) is 4.89. The van der Waals surface area contributed by atoms with E-state index in [1.807, 2.05) is 52.8 Å². The maximum atomic E-state index is 13.4. The molecule has 0 amide bonds. The third kappa shape index (κ3) is 3.99. The third-order valence-electron chi connectivity index (χ3n) is 5.81. The molecule has 0 unspecified atom stereocenters. The molecule has 0 spiro atoms. The van der Waals surface area contributed by atoms with Gasteiger partial charge in [-0.2, -0.15) is 0 Å². The van der Waals surface area contributed by atoms with E-state index in [0.29, 0.717) is 18.1 Å². The average molecular weight is 479 g/mol. The zero-order valence-corrected chi connectivity index (χ0v) is 19.7. The average Bonchev–Trinajstić information content (AvgIpc) is 3.35. The molecule has 3 heterocycles. The molecular weight excluding hydrogens is 455 g/mol. The van der Waals surface area contributed by atoms with Crippen LogP contribution in [0.1, 0.15) is 5.56 Å². The molecule has 9 heteroatoms. The number of nitrogens with one attached hydrogen (secondary N) is 1. The van der Waals surface area contributed by atoms with Crippen LogP contribution in [0.5, 0.6) is 5.88 Å². The van der Waals surface area contributed by atoms with Gasteiger partial charge in [0.05, 0.1) is 24.6 Å². The van der Waals surface area contributed by atoms with E-state index in [1.165, 1.54) is 12.1 Å². The van der Waals surface area contributed by atoms with E-state index in [2.05, 4.69) is 9.71 Å². The highest BCUT2D eigenvalue weighted by molar-refractivity contribution is 7.92. The number of anilines is 1. The fourth-order valence-electron chi connectivity index (χ4n) is 4.36. The summed E-state index contributed by atoms with van der Waals surface area (Å²) in [5, 5.41) is 1.71. The molecule has 0 bridgehead atoms.